The van der Waals surface area contributed by atoms with E-state index >= 15 is 0 Å². The number of likely N-dealkylation sites (tertiary alicyclic amines) is 1. The average molecular weight is 345 g/mol. The number of carbonyl (C=O) groups excluding carboxylic acids is 2. The fourth-order valence-electron chi connectivity index (χ4n) is 3.43. The van der Waals surface area contributed by atoms with Crippen molar-refractivity contribution < 1.29 is 14.1 Å². The van der Waals surface area contributed by atoms with Gasteiger partial charge in [-0.1, -0.05) is 5.16 Å². The zero-order valence-electron chi connectivity index (χ0n) is 14.7. The van der Waals surface area contributed by atoms with Gasteiger partial charge in [-0.2, -0.15) is 5.10 Å². The summed E-state index contributed by atoms with van der Waals surface area (Å²) in [5.41, 5.74) is 1.66. The van der Waals surface area contributed by atoms with Crippen LogP contribution < -0.4 is 5.32 Å². The lowest BCUT2D eigenvalue weighted by molar-refractivity contribution is -0.138. The van der Waals surface area contributed by atoms with Crippen molar-refractivity contribution in [3.63, 3.8) is 0 Å². The van der Waals surface area contributed by atoms with E-state index in [-0.39, 0.29) is 29.5 Å². The third kappa shape index (κ3) is 3.57. The molecule has 2 atom stereocenters. The van der Waals surface area contributed by atoms with Crippen molar-refractivity contribution in [3.05, 3.63) is 35.5 Å². The van der Waals surface area contributed by atoms with Crippen LogP contribution in [-0.2, 0) is 11.8 Å². The molecule has 2 aromatic rings. The second-order valence-electron chi connectivity index (χ2n) is 6.41. The number of aryl methyl sites for hydroxylation is 2. The molecule has 134 valence electrons. The Hall–Kier alpha value is -2.64. The molecule has 0 aliphatic carbocycles. The Balaban J connectivity index is 1.75. The number of aromatic nitrogens is 3. The fourth-order valence-corrected chi connectivity index (χ4v) is 3.43. The van der Waals surface area contributed by atoms with Gasteiger partial charge < -0.3 is 14.7 Å². The minimum absolute atomic E-state index is 0.0864. The van der Waals surface area contributed by atoms with Crippen LogP contribution in [0.2, 0.25) is 0 Å². The Bertz CT molecular complexity index is 766. The largest absolute Gasteiger partial charge is 0.351 e. The van der Waals surface area contributed by atoms with E-state index in [2.05, 4.69) is 15.6 Å². The van der Waals surface area contributed by atoms with Crippen LogP contribution in [0.5, 0.6) is 0 Å². The summed E-state index contributed by atoms with van der Waals surface area (Å²) in [6, 6.07) is 1.52. The van der Waals surface area contributed by atoms with Crippen molar-refractivity contribution in [3.8, 4) is 0 Å². The fraction of sp³-hybridized carbons (Fsp3) is 0.529. The van der Waals surface area contributed by atoms with Gasteiger partial charge >= 0.3 is 0 Å². The van der Waals surface area contributed by atoms with Gasteiger partial charge in [0.15, 0.2) is 0 Å². The summed E-state index contributed by atoms with van der Waals surface area (Å²) >= 11 is 0. The van der Waals surface area contributed by atoms with Crippen molar-refractivity contribution in [2.45, 2.75) is 32.7 Å². The molecule has 0 radical (unpaired) electrons. The first-order valence-electron chi connectivity index (χ1n) is 8.49. The zero-order chi connectivity index (χ0) is 18.0. The smallest absolute Gasteiger partial charge is 0.289 e. The van der Waals surface area contributed by atoms with Gasteiger partial charge in [-0.05, 0) is 20.3 Å². The minimum atomic E-state index is -0.287. The monoisotopic (exact) mass is 345 g/mol. The SMILES string of the molecule is CCN1C(=O)CC[C@H](CNC(=O)c2cc(C)no2)[C@H]1c1cnn(C)c1. The van der Waals surface area contributed by atoms with Gasteiger partial charge in [0.1, 0.15) is 0 Å². The molecule has 0 aromatic carbocycles. The highest BCUT2D eigenvalue weighted by Gasteiger charge is 2.36. The molecule has 2 amide bonds. The van der Waals surface area contributed by atoms with Gasteiger partial charge in [0, 0.05) is 50.3 Å². The second-order valence-corrected chi connectivity index (χ2v) is 6.41. The molecule has 0 saturated carbocycles. The summed E-state index contributed by atoms with van der Waals surface area (Å²) in [5, 5.41) is 10.9. The van der Waals surface area contributed by atoms with E-state index < -0.39 is 0 Å². The molecule has 2 aromatic heterocycles. The van der Waals surface area contributed by atoms with Crippen LogP contribution in [0.1, 0.15) is 47.6 Å². The molecule has 1 N–H and O–H groups in total. The molecule has 1 aliphatic rings. The number of piperidine rings is 1. The highest BCUT2D eigenvalue weighted by Crippen LogP contribution is 2.36. The normalized spacial score (nSPS) is 20.8. The Kier molecular flexibility index (Phi) is 4.87. The molecule has 25 heavy (non-hydrogen) atoms. The van der Waals surface area contributed by atoms with Crippen molar-refractivity contribution in [1.82, 2.24) is 25.2 Å². The van der Waals surface area contributed by atoms with Gasteiger partial charge in [-0.25, -0.2) is 0 Å². The molecule has 1 aliphatic heterocycles. The third-order valence-electron chi connectivity index (χ3n) is 4.62. The Morgan fingerprint density at radius 2 is 2.28 bits per heavy atom. The van der Waals surface area contributed by atoms with Crippen molar-refractivity contribution in [2.75, 3.05) is 13.1 Å². The summed E-state index contributed by atoms with van der Waals surface area (Å²) in [6.45, 7) is 4.83. The van der Waals surface area contributed by atoms with Crippen LogP contribution >= 0.6 is 0 Å². The second kappa shape index (κ2) is 7.08. The Morgan fingerprint density at radius 3 is 2.88 bits per heavy atom. The number of hydrogen-bond acceptors (Lipinski definition) is 5. The molecule has 0 bridgehead atoms. The van der Waals surface area contributed by atoms with Gasteiger partial charge in [-0.3, -0.25) is 14.3 Å². The molecule has 1 fully saturated rings. The Morgan fingerprint density at radius 1 is 1.48 bits per heavy atom. The van der Waals surface area contributed by atoms with Crippen molar-refractivity contribution >= 4 is 11.8 Å². The molecular weight excluding hydrogens is 322 g/mol. The number of amides is 2. The maximum Gasteiger partial charge on any atom is 0.289 e. The maximum absolute atomic E-state index is 12.3. The van der Waals surface area contributed by atoms with Crippen LogP contribution in [0.25, 0.3) is 0 Å². The van der Waals surface area contributed by atoms with E-state index in [1.807, 2.05) is 25.1 Å². The standard InChI is InChI=1S/C17H23N5O3/c1-4-22-15(23)6-5-12(16(22)13-9-19-21(3)10-13)8-18-17(24)14-7-11(2)20-25-14/h7,9-10,12,16H,4-6,8H2,1-3H3,(H,18,24)/t12-,16+/m1/s1. The molecule has 3 rings (SSSR count). The highest BCUT2D eigenvalue weighted by molar-refractivity contribution is 5.91. The predicted octanol–water partition coefficient (Wildman–Crippen LogP) is 1.45. The summed E-state index contributed by atoms with van der Waals surface area (Å²) < 4.78 is 6.73. The van der Waals surface area contributed by atoms with E-state index in [1.54, 1.807) is 23.9 Å². The van der Waals surface area contributed by atoms with Gasteiger partial charge in [0.2, 0.25) is 11.7 Å². The molecular formula is C17H23N5O3. The summed E-state index contributed by atoms with van der Waals surface area (Å²) in [4.78, 5) is 26.4. The molecule has 8 nitrogen and oxygen atoms in total. The molecule has 0 unspecified atom stereocenters. The lowest BCUT2D eigenvalue weighted by atomic mass is 9.85. The third-order valence-corrected chi connectivity index (χ3v) is 4.62. The summed E-state index contributed by atoms with van der Waals surface area (Å²) in [5.74, 6) is 0.180. The van der Waals surface area contributed by atoms with Gasteiger partial charge in [0.25, 0.3) is 5.91 Å². The number of nitrogens with one attached hydrogen (secondary N) is 1. The molecule has 3 heterocycles. The maximum atomic E-state index is 12.3. The Labute approximate surface area is 146 Å². The van der Waals surface area contributed by atoms with E-state index in [0.717, 1.165) is 12.0 Å². The van der Waals surface area contributed by atoms with Crippen LogP contribution in [0, 0.1) is 12.8 Å². The van der Waals surface area contributed by atoms with Crippen LogP contribution in [0.15, 0.2) is 23.0 Å². The van der Waals surface area contributed by atoms with Gasteiger partial charge in [-0.15, -0.1) is 0 Å². The lowest BCUT2D eigenvalue weighted by Gasteiger charge is -2.40. The number of nitrogens with zero attached hydrogens (tertiary/aromatic N) is 4. The quantitative estimate of drug-likeness (QED) is 0.885. The van der Waals surface area contributed by atoms with Crippen LogP contribution in [0.3, 0.4) is 0 Å². The van der Waals surface area contributed by atoms with Crippen LogP contribution in [0.4, 0.5) is 0 Å². The van der Waals surface area contributed by atoms with Crippen molar-refractivity contribution in [2.24, 2.45) is 13.0 Å². The van der Waals surface area contributed by atoms with E-state index in [4.69, 9.17) is 4.52 Å². The first kappa shape index (κ1) is 17.2. The topological polar surface area (TPSA) is 93.3 Å². The molecule has 8 heteroatoms. The lowest BCUT2D eigenvalue weighted by Crippen LogP contribution is -2.46. The van der Waals surface area contributed by atoms with Gasteiger partial charge in [0.05, 0.1) is 17.9 Å². The van der Waals surface area contributed by atoms with E-state index in [1.165, 1.54) is 0 Å². The summed E-state index contributed by atoms with van der Waals surface area (Å²) in [6.07, 6.45) is 4.94. The van der Waals surface area contributed by atoms with E-state index in [9.17, 15) is 9.59 Å². The highest BCUT2D eigenvalue weighted by atomic mass is 16.5. The van der Waals surface area contributed by atoms with Crippen molar-refractivity contribution in [1.29, 1.82) is 0 Å². The first-order valence-corrected chi connectivity index (χ1v) is 8.49. The zero-order valence-corrected chi connectivity index (χ0v) is 14.7. The van der Waals surface area contributed by atoms with E-state index in [0.29, 0.717) is 25.2 Å². The minimum Gasteiger partial charge on any atom is -0.351 e. The molecule has 1 saturated heterocycles. The van der Waals surface area contributed by atoms with Crippen LogP contribution in [-0.4, -0.2) is 44.7 Å². The number of hydrogen-bond donors (Lipinski definition) is 1. The predicted molar refractivity (Wildman–Crippen MR) is 89.6 cm³/mol. The number of carbonyl (C=O) groups is 2. The molecule has 0 spiro atoms. The number of rotatable bonds is 5. The average Bonchev–Trinajstić information content (AvgIpc) is 3.21. The summed E-state index contributed by atoms with van der Waals surface area (Å²) in [7, 11) is 1.85. The first-order chi connectivity index (χ1) is 12.0.